The third-order valence-electron chi connectivity index (χ3n) is 4.92. The van der Waals surface area contributed by atoms with E-state index in [1.165, 1.54) is 44.8 Å². The molecular formula is C18H26N4O2S. The van der Waals surface area contributed by atoms with Crippen molar-refractivity contribution in [3.05, 3.63) is 28.3 Å². The summed E-state index contributed by atoms with van der Waals surface area (Å²) < 4.78 is 0.894. The Hall–Kier alpha value is -1.73. The number of non-ortho nitro benzene ring substituents is 1. The summed E-state index contributed by atoms with van der Waals surface area (Å²) in [7, 11) is 2.22. The molecule has 0 amide bonds. The van der Waals surface area contributed by atoms with Crippen LogP contribution in [0.1, 0.15) is 32.6 Å². The summed E-state index contributed by atoms with van der Waals surface area (Å²) >= 11 is 1.56. The van der Waals surface area contributed by atoms with E-state index in [1.54, 1.807) is 23.5 Å². The molecule has 0 unspecified atom stereocenters. The Morgan fingerprint density at radius 1 is 1.40 bits per heavy atom. The number of piperidine rings is 1. The van der Waals surface area contributed by atoms with E-state index in [2.05, 4.69) is 28.8 Å². The van der Waals surface area contributed by atoms with Crippen LogP contribution in [0, 0.1) is 16.0 Å². The summed E-state index contributed by atoms with van der Waals surface area (Å²) in [4.78, 5) is 20.0. The molecule has 6 nitrogen and oxygen atoms in total. The summed E-state index contributed by atoms with van der Waals surface area (Å²) in [5.74, 6) is 0.758. The second kappa shape index (κ2) is 8.10. The van der Waals surface area contributed by atoms with E-state index in [4.69, 9.17) is 0 Å². The summed E-state index contributed by atoms with van der Waals surface area (Å²) in [5.41, 5.74) is 0.989. The zero-order valence-corrected chi connectivity index (χ0v) is 15.8. The Balaban J connectivity index is 1.59. The fraction of sp³-hybridized carbons (Fsp3) is 0.611. The highest BCUT2D eigenvalue weighted by Gasteiger charge is 2.23. The van der Waals surface area contributed by atoms with Crippen LogP contribution in [-0.2, 0) is 0 Å². The molecule has 0 bridgehead atoms. The minimum absolute atomic E-state index is 0.136. The van der Waals surface area contributed by atoms with Crippen molar-refractivity contribution in [2.75, 3.05) is 38.1 Å². The second-order valence-electron chi connectivity index (χ2n) is 6.95. The minimum Gasteiger partial charge on any atom is -0.348 e. The molecule has 25 heavy (non-hydrogen) atoms. The molecule has 2 aromatic rings. The van der Waals surface area contributed by atoms with Crippen LogP contribution in [0.15, 0.2) is 18.2 Å². The quantitative estimate of drug-likeness (QED) is 0.547. The third kappa shape index (κ3) is 4.46. The molecule has 0 N–H and O–H groups in total. The molecule has 1 aliphatic rings. The highest BCUT2D eigenvalue weighted by atomic mass is 32.1. The molecule has 0 spiro atoms. The van der Waals surface area contributed by atoms with Crippen molar-refractivity contribution < 1.29 is 4.92 Å². The third-order valence-corrected chi connectivity index (χ3v) is 6.00. The summed E-state index contributed by atoms with van der Waals surface area (Å²) in [5, 5.41) is 11.9. The van der Waals surface area contributed by atoms with Gasteiger partial charge in [0, 0.05) is 31.8 Å². The van der Waals surface area contributed by atoms with E-state index in [0.29, 0.717) is 0 Å². The number of thiazole rings is 1. The van der Waals surface area contributed by atoms with Gasteiger partial charge in [0.25, 0.3) is 5.69 Å². The van der Waals surface area contributed by atoms with Crippen molar-refractivity contribution in [2.45, 2.75) is 32.6 Å². The lowest BCUT2D eigenvalue weighted by atomic mass is 9.96. The van der Waals surface area contributed by atoms with Gasteiger partial charge in [-0.2, -0.15) is 0 Å². The summed E-state index contributed by atoms with van der Waals surface area (Å²) in [6.45, 7) is 6.65. The number of benzene rings is 1. The van der Waals surface area contributed by atoms with Crippen LogP contribution in [0.3, 0.4) is 0 Å². The smallest absolute Gasteiger partial charge is 0.270 e. The molecule has 3 rings (SSSR count). The number of hydrogen-bond acceptors (Lipinski definition) is 6. The van der Waals surface area contributed by atoms with Gasteiger partial charge in [-0.1, -0.05) is 24.7 Å². The maximum Gasteiger partial charge on any atom is 0.270 e. The van der Waals surface area contributed by atoms with Gasteiger partial charge in [0.1, 0.15) is 0 Å². The molecular weight excluding hydrogens is 336 g/mol. The van der Waals surface area contributed by atoms with Crippen LogP contribution >= 0.6 is 11.3 Å². The van der Waals surface area contributed by atoms with E-state index in [1.807, 2.05) is 0 Å². The average Bonchev–Trinajstić information content (AvgIpc) is 3.03. The first kappa shape index (κ1) is 18.1. The Morgan fingerprint density at radius 3 is 2.84 bits per heavy atom. The molecule has 0 aliphatic carbocycles. The van der Waals surface area contributed by atoms with E-state index >= 15 is 0 Å². The van der Waals surface area contributed by atoms with Crippen molar-refractivity contribution >= 4 is 32.4 Å². The monoisotopic (exact) mass is 362 g/mol. The van der Waals surface area contributed by atoms with Gasteiger partial charge in [-0.05, 0) is 44.8 Å². The molecule has 1 fully saturated rings. The van der Waals surface area contributed by atoms with Crippen molar-refractivity contribution in [1.29, 1.82) is 0 Å². The van der Waals surface area contributed by atoms with E-state index in [-0.39, 0.29) is 10.6 Å². The van der Waals surface area contributed by atoms with Gasteiger partial charge in [-0.25, -0.2) is 4.98 Å². The Labute approximate surface area is 152 Å². The van der Waals surface area contributed by atoms with E-state index in [0.717, 1.165) is 34.4 Å². The highest BCUT2D eigenvalue weighted by molar-refractivity contribution is 7.22. The zero-order valence-electron chi connectivity index (χ0n) is 15.0. The van der Waals surface area contributed by atoms with Gasteiger partial charge >= 0.3 is 0 Å². The number of rotatable bonds is 7. The lowest BCUT2D eigenvalue weighted by Gasteiger charge is -2.33. The van der Waals surface area contributed by atoms with Gasteiger partial charge in [0.05, 0.1) is 15.1 Å². The fourth-order valence-electron chi connectivity index (χ4n) is 3.42. The van der Waals surface area contributed by atoms with E-state index in [9.17, 15) is 10.1 Å². The molecule has 7 heteroatoms. The van der Waals surface area contributed by atoms with Crippen LogP contribution in [0.4, 0.5) is 10.8 Å². The maximum atomic E-state index is 10.9. The van der Waals surface area contributed by atoms with Gasteiger partial charge < -0.3 is 9.80 Å². The lowest BCUT2D eigenvalue weighted by Crippen LogP contribution is -2.38. The van der Waals surface area contributed by atoms with Crippen LogP contribution in [0.25, 0.3) is 10.2 Å². The molecule has 0 saturated carbocycles. The first-order valence-electron chi connectivity index (χ1n) is 9.05. The average molecular weight is 362 g/mol. The summed E-state index contributed by atoms with van der Waals surface area (Å²) in [6, 6.07) is 4.92. The highest BCUT2D eigenvalue weighted by Crippen LogP contribution is 2.33. The van der Waals surface area contributed by atoms with Crippen LogP contribution < -0.4 is 4.90 Å². The SMILES string of the molecule is CCCCN(C)CC1CCN(c2nc3ccc([N+](=O)[O-])cc3s2)CC1. The Morgan fingerprint density at radius 2 is 2.16 bits per heavy atom. The largest absolute Gasteiger partial charge is 0.348 e. The normalized spacial score (nSPS) is 16.0. The Kier molecular flexibility index (Phi) is 5.86. The number of nitro benzene ring substituents is 1. The molecule has 2 heterocycles. The van der Waals surface area contributed by atoms with Gasteiger partial charge in [0.15, 0.2) is 5.13 Å². The number of fused-ring (bicyclic) bond motifs is 1. The fourth-order valence-corrected chi connectivity index (χ4v) is 4.47. The predicted octanol–water partition coefficient (Wildman–Crippen LogP) is 4.15. The van der Waals surface area contributed by atoms with Crippen molar-refractivity contribution in [2.24, 2.45) is 5.92 Å². The van der Waals surface area contributed by atoms with Crippen LogP contribution in [0.2, 0.25) is 0 Å². The first-order valence-corrected chi connectivity index (χ1v) is 9.87. The van der Waals surface area contributed by atoms with Crippen molar-refractivity contribution in [3.8, 4) is 0 Å². The first-order chi connectivity index (χ1) is 12.1. The molecule has 1 saturated heterocycles. The molecule has 1 aromatic heterocycles. The number of hydrogen-bond donors (Lipinski definition) is 0. The van der Waals surface area contributed by atoms with Gasteiger partial charge in [-0.15, -0.1) is 0 Å². The number of aromatic nitrogens is 1. The second-order valence-corrected chi connectivity index (χ2v) is 7.96. The maximum absolute atomic E-state index is 10.9. The summed E-state index contributed by atoms with van der Waals surface area (Å²) in [6.07, 6.45) is 4.89. The Bertz CT molecular complexity index is 725. The number of unbranched alkanes of at least 4 members (excludes halogenated alkanes) is 1. The molecule has 1 aliphatic heterocycles. The number of nitrogens with zero attached hydrogens (tertiary/aromatic N) is 4. The standard InChI is InChI=1S/C18H26N4O2S/c1-3-4-9-20(2)13-14-7-10-21(11-8-14)18-19-16-6-5-15(22(23)24)12-17(16)25-18/h5-6,12,14H,3-4,7-11,13H2,1-2H3. The van der Waals surface area contributed by atoms with Gasteiger partial charge in [0.2, 0.25) is 0 Å². The van der Waals surface area contributed by atoms with Crippen LogP contribution in [0.5, 0.6) is 0 Å². The molecule has 136 valence electrons. The van der Waals surface area contributed by atoms with Crippen molar-refractivity contribution in [3.63, 3.8) is 0 Å². The molecule has 1 aromatic carbocycles. The van der Waals surface area contributed by atoms with Crippen LogP contribution in [-0.4, -0.2) is 48.0 Å². The van der Waals surface area contributed by atoms with Gasteiger partial charge in [-0.3, -0.25) is 10.1 Å². The lowest BCUT2D eigenvalue weighted by molar-refractivity contribution is -0.384. The van der Waals surface area contributed by atoms with Crippen molar-refractivity contribution in [1.82, 2.24) is 9.88 Å². The molecule has 0 atom stereocenters. The zero-order chi connectivity index (χ0) is 17.8. The van der Waals surface area contributed by atoms with E-state index < -0.39 is 0 Å². The topological polar surface area (TPSA) is 62.5 Å². The minimum atomic E-state index is -0.348. The number of anilines is 1. The molecule has 0 radical (unpaired) electrons. The number of nitro groups is 1. The predicted molar refractivity (Wildman–Crippen MR) is 104 cm³/mol.